The average Bonchev–Trinajstić information content (AvgIpc) is 2.60. The van der Waals surface area contributed by atoms with Gasteiger partial charge in [0.2, 0.25) is 11.8 Å². The number of hydrogen-bond acceptors (Lipinski definition) is 3. The summed E-state index contributed by atoms with van der Waals surface area (Å²) in [5, 5.41) is 11.2. The number of primary amides is 1. The highest BCUT2D eigenvalue weighted by Gasteiger charge is 2.16. The van der Waals surface area contributed by atoms with Gasteiger partial charge in [0.1, 0.15) is 0 Å². The molecule has 146 valence electrons. The Kier molecular flexibility index (Phi) is 17.2. The third-order valence-corrected chi connectivity index (χ3v) is 3.48. The number of aliphatic carboxylic acids is 1. The number of nitrogens with one attached hydrogen (secondary N) is 1. The lowest BCUT2D eigenvalue weighted by Gasteiger charge is -2.12. The van der Waals surface area contributed by atoms with Gasteiger partial charge in [-0.05, 0) is 26.7 Å². The number of carbonyl (C=O) groups excluding carboxylic acids is 2. The first kappa shape index (κ1) is 25.8. The van der Waals surface area contributed by atoms with Crippen molar-refractivity contribution in [3.8, 4) is 23.7 Å². The van der Waals surface area contributed by atoms with Gasteiger partial charge in [0, 0.05) is 18.8 Å². The van der Waals surface area contributed by atoms with Crippen molar-refractivity contribution < 1.29 is 19.5 Å². The molecule has 2 amide bonds. The standard InChI is InChI=1S/C11H18N2O2.C9H14O2/c1-3-5-7-9(6-4-2)11(15)13-8-10(12)14;1-3-5-7-8(6-4-2)9(10)11/h9H,4,6-8H2,1-2H3,(H2,12,14)(H,13,15);8H,4,6-7H2,1-2H3,(H,10,11)/t9-;8-/m11/s1. The molecular weight excluding hydrogens is 332 g/mol. The fourth-order valence-corrected chi connectivity index (χ4v) is 2.10. The lowest BCUT2D eigenvalue weighted by molar-refractivity contribution is -0.141. The molecule has 0 heterocycles. The maximum Gasteiger partial charge on any atom is 0.307 e. The summed E-state index contributed by atoms with van der Waals surface area (Å²) in [5.41, 5.74) is 4.93. The van der Waals surface area contributed by atoms with E-state index in [1.54, 1.807) is 13.8 Å². The van der Waals surface area contributed by atoms with Crippen molar-refractivity contribution in [2.75, 3.05) is 6.54 Å². The lowest BCUT2D eigenvalue weighted by Crippen LogP contribution is -2.37. The van der Waals surface area contributed by atoms with Crippen molar-refractivity contribution in [1.82, 2.24) is 5.32 Å². The van der Waals surface area contributed by atoms with E-state index in [1.165, 1.54) is 0 Å². The van der Waals surface area contributed by atoms with E-state index in [9.17, 15) is 14.4 Å². The van der Waals surface area contributed by atoms with Crippen LogP contribution in [0.3, 0.4) is 0 Å². The van der Waals surface area contributed by atoms with Gasteiger partial charge in [-0.1, -0.05) is 26.7 Å². The number of carboxylic acids is 1. The number of carboxylic acid groups (broad SMARTS) is 1. The molecule has 0 unspecified atom stereocenters. The summed E-state index contributed by atoms with van der Waals surface area (Å²) < 4.78 is 0. The maximum atomic E-state index is 11.6. The van der Waals surface area contributed by atoms with Crippen molar-refractivity contribution in [3.05, 3.63) is 0 Å². The minimum Gasteiger partial charge on any atom is -0.481 e. The van der Waals surface area contributed by atoms with Crippen LogP contribution >= 0.6 is 0 Å². The summed E-state index contributed by atoms with van der Waals surface area (Å²) in [7, 11) is 0. The predicted octanol–water partition coefficient (Wildman–Crippen LogP) is 2.32. The Morgan fingerprint density at radius 2 is 1.42 bits per heavy atom. The molecule has 4 N–H and O–H groups in total. The number of hydrogen-bond donors (Lipinski definition) is 3. The second-order valence-corrected chi connectivity index (χ2v) is 5.76. The van der Waals surface area contributed by atoms with Gasteiger partial charge in [0.15, 0.2) is 0 Å². The van der Waals surface area contributed by atoms with Crippen LogP contribution in [-0.2, 0) is 14.4 Å². The zero-order valence-corrected chi connectivity index (χ0v) is 16.4. The highest BCUT2D eigenvalue weighted by atomic mass is 16.4. The monoisotopic (exact) mass is 364 g/mol. The topological polar surface area (TPSA) is 109 Å². The normalized spacial score (nSPS) is 11.2. The molecule has 0 radical (unpaired) electrons. The second-order valence-electron chi connectivity index (χ2n) is 5.76. The average molecular weight is 364 g/mol. The summed E-state index contributed by atoms with van der Waals surface area (Å²) in [4.78, 5) is 32.6. The smallest absolute Gasteiger partial charge is 0.307 e. The van der Waals surface area contributed by atoms with E-state index in [2.05, 4.69) is 29.0 Å². The van der Waals surface area contributed by atoms with E-state index in [0.717, 1.165) is 25.7 Å². The summed E-state index contributed by atoms with van der Waals surface area (Å²) in [6.07, 6.45) is 4.35. The molecule has 26 heavy (non-hydrogen) atoms. The van der Waals surface area contributed by atoms with Crippen molar-refractivity contribution >= 4 is 17.8 Å². The second kappa shape index (κ2) is 17.4. The minimum absolute atomic E-state index is 0.0986. The molecule has 6 heteroatoms. The Morgan fingerprint density at radius 1 is 0.962 bits per heavy atom. The Labute approximate surface area is 157 Å². The SMILES string of the molecule is CC#CC[C@@H](CCC)C(=O)NCC(N)=O.CC#CC[C@@H](CCC)C(=O)O. The van der Waals surface area contributed by atoms with Crippen molar-refractivity contribution in [1.29, 1.82) is 0 Å². The van der Waals surface area contributed by atoms with Gasteiger partial charge in [0.25, 0.3) is 0 Å². The molecule has 0 aliphatic heterocycles. The van der Waals surface area contributed by atoms with Crippen LogP contribution in [0, 0.1) is 35.5 Å². The van der Waals surface area contributed by atoms with Gasteiger partial charge in [-0.15, -0.1) is 23.7 Å². The third kappa shape index (κ3) is 15.1. The van der Waals surface area contributed by atoms with E-state index >= 15 is 0 Å². The number of amides is 2. The van der Waals surface area contributed by atoms with Crippen molar-refractivity contribution in [2.45, 2.75) is 66.2 Å². The van der Waals surface area contributed by atoms with Crippen LogP contribution in [0.2, 0.25) is 0 Å². The first-order valence-electron chi connectivity index (χ1n) is 8.91. The molecule has 0 aromatic rings. The van der Waals surface area contributed by atoms with Gasteiger partial charge in [0.05, 0.1) is 12.5 Å². The molecule has 0 rings (SSSR count). The van der Waals surface area contributed by atoms with Crippen LogP contribution in [0.4, 0.5) is 0 Å². The lowest BCUT2D eigenvalue weighted by atomic mass is 9.99. The van der Waals surface area contributed by atoms with Crippen LogP contribution in [0.5, 0.6) is 0 Å². The zero-order chi connectivity index (χ0) is 20.4. The van der Waals surface area contributed by atoms with E-state index in [4.69, 9.17) is 10.8 Å². The Hall–Kier alpha value is -2.47. The third-order valence-electron chi connectivity index (χ3n) is 3.48. The van der Waals surface area contributed by atoms with Gasteiger partial charge >= 0.3 is 5.97 Å². The molecule has 0 saturated heterocycles. The quantitative estimate of drug-likeness (QED) is 0.517. The van der Waals surface area contributed by atoms with E-state index < -0.39 is 11.9 Å². The van der Waals surface area contributed by atoms with Crippen LogP contribution in [0.25, 0.3) is 0 Å². The van der Waals surface area contributed by atoms with Crippen LogP contribution < -0.4 is 11.1 Å². The Balaban J connectivity index is 0. The molecule has 0 saturated carbocycles. The largest absolute Gasteiger partial charge is 0.481 e. The van der Waals surface area contributed by atoms with Crippen molar-refractivity contribution in [3.63, 3.8) is 0 Å². The van der Waals surface area contributed by atoms with Crippen LogP contribution in [0.15, 0.2) is 0 Å². The first-order valence-corrected chi connectivity index (χ1v) is 8.91. The fraction of sp³-hybridized carbons (Fsp3) is 0.650. The Morgan fingerprint density at radius 3 is 1.81 bits per heavy atom. The molecule has 0 aromatic carbocycles. The fourth-order valence-electron chi connectivity index (χ4n) is 2.10. The molecule has 0 fully saturated rings. The van der Waals surface area contributed by atoms with E-state index in [-0.39, 0.29) is 24.3 Å². The zero-order valence-electron chi connectivity index (χ0n) is 16.4. The number of carbonyl (C=O) groups is 3. The highest BCUT2D eigenvalue weighted by molar-refractivity contribution is 5.85. The molecule has 0 spiro atoms. The summed E-state index contributed by atoms with van der Waals surface area (Å²) >= 11 is 0. The molecular formula is C20H32N2O4. The van der Waals surface area contributed by atoms with Crippen LogP contribution in [-0.4, -0.2) is 29.4 Å². The summed E-state index contributed by atoms with van der Waals surface area (Å²) in [5.74, 6) is 9.31. The molecule has 6 nitrogen and oxygen atoms in total. The molecule has 0 aliphatic carbocycles. The molecule has 0 aromatic heterocycles. The Bertz CT molecular complexity index is 550. The summed E-state index contributed by atoms with van der Waals surface area (Å²) in [6.45, 7) is 7.36. The van der Waals surface area contributed by atoms with Crippen LogP contribution in [0.1, 0.15) is 66.2 Å². The minimum atomic E-state index is -0.727. The molecule has 0 aliphatic rings. The maximum absolute atomic E-state index is 11.6. The number of nitrogens with two attached hydrogens (primary N) is 1. The van der Waals surface area contributed by atoms with E-state index in [0.29, 0.717) is 12.8 Å². The molecule has 2 atom stereocenters. The van der Waals surface area contributed by atoms with E-state index in [1.807, 2.05) is 13.8 Å². The number of rotatable bonds is 10. The van der Waals surface area contributed by atoms with Crippen molar-refractivity contribution in [2.24, 2.45) is 17.6 Å². The predicted molar refractivity (Wildman–Crippen MR) is 103 cm³/mol. The summed E-state index contributed by atoms with van der Waals surface area (Å²) in [6, 6.07) is 0. The first-order chi connectivity index (χ1) is 12.3. The van der Waals surface area contributed by atoms with Gasteiger partial charge in [-0.25, -0.2) is 0 Å². The molecule has 0 bridgehead atoms. The van der Waals surface area contributed by atoms with Gasteiger partial charge < -0.3 is 16.2 Å². The van der Waals surface area contributed by atoms with Gasteiger partial charge in [-0.2, -0.15) is 0 Å². The van der Waals surface area contributed by atoms with Gasteiger partial charge in [-0.3, -0.25) is 14.4 Å². The highest BCUT2D eigenvalue weighted by Crippen LogP contribution is 2.11.